The van der Waals surface area contributed by atoms with Gasteiger partial charge in [0.2, 0.25) is 0 Å². The van der Waals surface area contributed by atoms with Crippen molar-refractivity contribution in [2.75, 3.05) is 23.9 Å². The fourth-order valence-electron chi connectivity index (χ4n) is 6.80. The molecule has 33 heavy (non-hydrogen) atoms. The Morgan fingerprint density at radius 3 is 2.67 bits per heavy atom. The van der Waals surface area contributed by atoms with Crippen LogP contribution in [0.25, 0.3) is 0 Å². The Balaban J connectivity index is 1.53. The van der Waals surface area contributed by atoms with Crippen LogP contribution in [0.1, 0.15) is 26.7 Å². The molecule has 6 aliphatic rings. The highest BCUT2D eigenvalue weighted by Gasteiger charge is 2.48. The van der Waals surface area contributed by atoms with Crippen molar-refractivity contribution in [1.29, 1.82) is 0 Å². The highest BCUT2D eigenvalue weighted by atomic mass is 15.4. The van der Waals surface area contributed by atoms with Crippen molar-refractivity contribution in [3.05, 3.63) is 108 Å². The van der Waals surface area contributed by atoms with Crippen LogP contribution in [0.3, 0.4) is 0 Å². The second-order valence-electron chi connectivity index (χ2n) is 9.49. The van der Waals surface area contributed by atoms with Crippen LogP contribution in [-0.4, -0.2) is 41.6 Å². The van der Waals surface area contributed by atoms with E-state index in [1.807, 2.05) is 0 Å². The van der Waals surface area contributed by atoms with Crippen molar-refractivity contribution >= 4 is 17.1 Å². The molecule has 1 fully saturated rings. The van der Waals surface area contributed by atoms with E-state index in [-0.39, 0.29) is 12.3 Å². The fraction of sp³-hybridized carbons (Fsp3) is 0.276. The maximum Gasteiger partial charge on any atom is 0.174 e. The lowest BCUT2D eigenvalue weighted by Crippen LogP contribution is -2.55. The van der Waals surface area contributed by atoms with Crippen molar-refractivity contribution in [2.45, 2.75) is 39.0 Å². The average molecular weight is 434 g/mol. The zero-order valence-corrected chi connectivity index (χ0v) is 19.7. The summed E-state index contributed by atoms with van der Waals surface area (Å²) in [7, 11) is 4.51. The summed E-state index contributed by atoms with van der Waals surface area (Å²) in [6.45, 7) is 4.66. The largest absolute Gasteiger partial charge is 0.392 e. The van der Waals surface area contributed by atoms with Crippen molar-refractivity contribution in [2.24, 2.45) is 0 Å². The number of benzene rings is 1. The van der Waals surface area contributed by atoms with E-state index in [1.165, 1.54) is 57.5 Å². The maximum absolute atomic E-state index is 2.58. The number of fused-ring (bicyclic) bond motifs is 7. The van der Waals surface area contributed by atoms with Gasteiger partial charge in [0.15, 0.2) is 6.17 Å². The lowest BCUT2D eigenvalue weighted by atomic mass is 9.69. The molecule has 4 heteroatoms. The first-order valence-corrected chi connectivity index (χ1v) is 12.1. The predicted molar refractivity (Wildman–Crippen MR) is 134 cm³/mol. The highest BCUT2D eigenvalue weighted by Crippen LogP contribution is 2.57. The topological polar surface area (TPSA) is 12.7 Å². The summed E-state index contributed by atoms with van der Waals surface area (Å²) >= 11 is 0. The van der Waals surface area contributed by atoms with E-state index in [0.717, 1.165) is 12.8 Å². The van der Waals surface area contributed by atoms with Crippen molar-refractivity contribution in [3.63, 3.8) is 0 Å². The van der Waals surface area contributed by atoms with Gasteiger partial charge in [-0.2, -0.15) is 24.3 Å². The molecular weight excluding hydrogens is 404 g/mol. The Labute approximate surface area is 197 Å². The molecule has 1 saturated heterocycles. The molecule has 0 saturated carbocycles. The number of allylic oxidation sites excluding steroid dienone is 6. The number of nitrogens with zero attached hydrogens (tertiary/aromatic N) is 4. The molecule has 7 rings (SSSR count). The Bertz CT molecular complexity index is 1240. The minimum Gasteiger partial charge on any atom is -0.392 e. The highest BCUT2D eigenvalue weighted by molar-refractivity contribution is 6.13. The molecule has 1 aromatic rings. The van der Waals surface area contributed by atoms with Crippen LogP contribution < -0.4 is 9.80 Å². The molecule has 1 aromatic carbocycles. The number of rotatable bonds is 2. The molecule has 2 aliphatic carbocycles. The van der Waals surface area contributed by atoms with Gasteiger partial charge in [-0.3, -0.25) is 6.42 Å². The molecule has 0 spiro atoms. The predicted octanol–water partition coefficient (Wildman–Crippen LogP) is 4.93. The van der Waals surface area contributed by atoms with Gasteiger partial charge in [0.1, 0.15) is 0 Å². The van der Waals surface area contributed by atoms with Gasteiger partial charge in [0.05, 0.1) is 17.5 Å². The van der Waals surface area contributed by atoms with Crippen molar-refractivity contribution in [3.8, 4) is 0 Å². The van der Waals surface area contributed by atoms with Crippen LogP contribution in [0, 0.1) is 24.3 Å². The van der Waals surface area contributed by atoms with Gasteiger partial charge in [0, 0.05) is 18.8 Å². The van der Waals surface area contributed by atoms with Crippen LogP contribution >= 0.6 is 0 Å². The summed E-state index contributed by atoms with van der Waals surface area (Å²) in [4.78, 5) is 7.53. The first-order valence-electron chi connectivity index (χ1n) is 12.1. The minimum atomic E-state index is 0.229. The van der Waals surface area contributed by atoms with Gasteiger partial charge in [-0.1, -0.05) is 50.2 Å². The van der Waals surface area contributed by atoms with Crippen LogP contribution in [-0.2, 0) is 0 Å². The van der Waals surface area contributed by atoms with Gasteiger partial charge in [-0.05, 0) is 19.2 Å². The normalized spacial score (nSPS) is 26.2. The third-order valence-electron chi connectivity index (χ3n) is 8.08. The lowest BCUT2D eigenvalue weighted by molar-refractivity contribution is -0.535. The van der Waals surface area contributed by atoms with E-state index in [1.54, 1.807) is 0 Å². The molecule has 0 N–H and O–H groups in total. The van der Waals surface area contributed by atoms with Crippen LogP contribution in [0.5, 0.6) is 0 Å². The van der Waals surface area contributed by atoms with E-state index in [2.05, 4.69) is 114 Å². The zero-order chi connectivity index (χ0) is 22.4. The van der Waals surface area contributed by atoms with Crippen LogP contribution in [0.4, 0.5) is 11.4 Å². The lowest BCUT2D eigenvalue weighted by Gasteiger charge is -2.60. The first kappa shape index (κ1) is 19.0. The molecule has 4 heterocycles. The Hall–Kier alpha value is -3.53. The molecule has 1 unspecified atom stereocenters. The monoisotopic (exact) mass is 433 g/mol. The Kier molecular flexibility index (Phi) is 3.74. The molecule has 4 aliphatic heterocycles. The second-order valence-corrected chi connectivity index (χ2v) is 9.49. The summed E-state index contributed by atoms with van der Waals surface area (Å²) in [5, 5.41) is 0. The molecule has 0 radical (unpaired) electrons. The number of hydrogen-bond acceptors (Lipinski definition) is 3. The van der Waals surface area contributed by atoms with Gasteiger partial charge in [-0.15, -0.1) is 17.4 Å². The SMILES string of the molecule is CCC1=C2[C-]3C(=CC=CC3=[N+]3[C-]4C=C[CH-]C=C4N(C)[C@H]3[C-]2CC)N2c3ccccc3N(C)C12. The quantitative estimate of drug-likeness (QED) is 0.485. The summed E-state index contributed by atoms with van der Waals surface area (Å²) in [5.74, 6) is 2.95. The Morgan fingerprint density at radius 2 is 1.88 bits per heavy atom. The summed E-state index contributed by atoms with van der Waals surface area (Å²) in [6.07, 6.45) is 18.3. The molecular formula is C29H29N4-3. The van der Waals surface area contributed by atoms with E-state index >= 15 is 0 Å². The van der Waals surface area contributed by atoms with E-state index in [4.69, 9.17) is 0 Å². The van der Waals surface area contributed by atoms with Gasteiger partial charge < -0.3 is 19.3 Å². The third-order valence-corrected chi connectivity index (χ3v) is 8.08. The number of hydrogen-bond donors (Lipinski definition) is 0. The third kappa shape index (κ3) is 2.14. The first-order chi connectivity index (χ1) is 16.2. The Morgan fingerprint density at radius 1 is 1.06 bits per heavy atom. The smallest absolute Gasteiger partial charge is 0.174 e. The summed E-state index contributed by atoms with van der Waals surface area (Å²) < 4.78 is 2.58. The minimum absolute atomic E-state index is 0.229. The van der Waals surface area contributed by atoms with Gasteiger partial charge >= 0.3 is 0 Å². The molecule has 0 aromatic heterocycles. The number of anilines is 2. The van der Waals surface area contributed by atoms with Crippen molar-refractivity contribution < 1.29 is 4.58 Å². The second kappa shape index (κ2) is 6.50. The summed E-state index contributed by atoms with van der Waals surface area (Å²) in [6, 6.07) is 10.2. The molecule has 4 nitrogen and oxygen atoms in total. The summed E-state index contributed by atoms with van der Waals surface area (Å²) in [5.41, 5.74) is 9.64. The molecule has 2 atom stereocenters. The average Bonchev–Trinajstić information content (AvgIpc) is 3.32. The maximum atomic E-state index is 2.58. The van der Waals surface area contributed by atoms with E-state index in [0.29, 0.717) is 0 Å². The zero-order valence-electron chi connectivity index (χ0n) is 19.7. The number of likely N-dealkylation sites (N-methyl/N-ethyl adjacent to an activating group) is 2. The molecule has 0 amide bonds. The van der Waals surface area contributed by atoms with Crippen LogP contribution in [0.2, 0.25) is 0 Å². The fourth-order valence-corrected chi connectivity index (χ4v) is 6.80. The molecule has 0 bridgehead atoms. The molecule has 168 valence electrons. The van der Waals surface area contributed by atoms with E-state index in [9.17, 15) is 0 Å². The van der Waals surface area contributed by atoms with Gasteiger partial charge in [-0.25, -0.2) is 17.7 Å². The standard InChI is InChI=1S/C29H29N4/c1-5-18-26-19(6-2)29-31(4)21-13-8-10-15-23(21)33(29)25-17-11-16-24(27(25)26)32-22-14-9-7-12-20(22)30(3)28(18)32/h7-17,28-29H,5-6H2,1-4H3/q-3/t28-,29?/m1/s1. The number of para-hydroxylation sites is 2. The van der Waals surface area contributed by atoms with Crippen molar-refractivity contribution in [1.82, 2.24) is 4.90 Å². The van der Waals surface area contributed by atoms with E-state index < -0.39 is 0 Å². The van der Waals surface area contributed by atoms with Gasteiger partial charge in [0.25, 0.3) is 0 Å². The van der Waals surface area contributed by atoms with Crippen LogP contribution in [0.15, 0.2) is 83.3 Å².